The van der Waals surface area contributed by atoms with Crippen LogP contribution in [0.4, 0.5) is 0 Å². The average molecular weight is 452 g/mol. The molecule has 0 fully saturated rings. The highest BCUT2D eigenvalue weighted by Gasteiger charge is 2.18. The topological polar surface area (TPSA) is 72.5 Å². The molecule has 0 spiro atoms. The van der Waals surface area contributed by atoms with Gasteiger partial charge < -0.3 is 14.1 Å². The van der Waals surface area contributed by atoms with E-state index in [-0.39, 0.29) is 0 Å². The number of hydrogen-bond donors (Lipinski definition) is 1. The summed E-state index contributed by atoms with van der Waals surface area (Å²) in [7, 11) is 0. The van der Waals surface area contributed by atoms with E-state index in [1.165, 1.54) is 0 Å². The summed E-state index contributed by atoms with van der Waals surface area (Å²) in [6.07, 6.45) is 3.58. The highest BCUT2D eigenvalue weighted by molar-refractivity contribution is 7.71. The summed E-state index contributed by atoms with van der Waals surface area (Å²) in [6.45, 7) is 8.34. The number of fused-ring (bicyclic) bond motifs is 3. The fourth-order valence-electron chi connectivity index (χ4n) is 3.73. The minimum Gasteiger partial charge on any atom is -0.361 e. The van der Waals surface area contributed by atoms with E-state index in [1.807, 2.05) is 62.6 Å². The molecule has 0 aliphatic carbocycles. The summed E-state index contributed by atoms with van der Waals surface area (Å²) in [5.74, 6) is 0.726. The van der Waals surface area contributed by atoms with Crippen LogP contribution in [0.15, 0.2) is 47.2 Å². The van der Waals surface area contributed by atoms with Crippen molar-refractivity contribution in [2.45, 2.75) is 34.2 Å². The number of rotatable bonds is 3. The third-order valence-electron chi connectivity index (χ3n) is 5.03. The zero-order chi connectivity index (χ0) is 22.1. The van der Waals surface area contributed by atoms with E-state index in [2.05, 4.69) is 20.1 Å². The average Bonchev–Trinajstić information content (AvgIpc) is 3.28. The van der Waals surface area contributed by atoms with Crippen molar-refractivity contribution < 1.29 is 4.52 Å². The molecular formula is C23H22ClN5OS. The molecule has 8 heteroatoms. The number of benzene rings is 1. The van der Waals surface area contributed by atoms with E-state index in [0.29, 0.717) is 16.3 Å². The third-order valence-corrected chi connectivity index (χ3v) is 5.67. The highest BCUT2D eigenvalue weighted by Crippen LogP contribution is 2.37. The first kappa shape index (κ1) is 21.2. The standard InChI is InChI=1S/C21H16ClN5OS.C2H6/c1-11-19(12(2)28-26-11)14-8-17-15(7-16(14)22)20-18(9-24-17)25-21(29)27(20)10-13-5-3-4-6-23-13;1-2/h3-9H,10H2,1-2H3,(H,25,29);1-2H3. The Morgan fingerprint density at radius 1 is 1.16 bits per heavy atom. The maximum Gasteiger partial charge on any atom is 0.178 e. The van der Waals surface area contributed by atoms with Crippen molar-refractivity contribution in [1.82, 2.24) is 24.7 Å². The normalized spacial score (nSPS) is 11.0. The minimum atomic E-state index is 0.558. The Kier molecular flexibility index (Phi) is 5.89. The summed E-state index contributed by atoms with van der Waals surface area (Å²) in [5, 5.41) is 5.58. The first-order chi connectivity index (χ1) is 15.0. The van der Waals surface area contributed by atoms with Gasteiger partial charge in [0.05, 0.1) is 40.7 Å². The zero-order valence-corrected chi connectivity index (χ0v) is 19.3. The SMILES string of the molecule is CC.Cc1noc(C)c1-c1cc2ncc3[nH]c(=S)n(Cc4ccccn4)c3c2cc1Cl. The van der Waals surface area contributed by atoms with Crippen LogP contribution in [-0.2, 0) is 6.54 Å². The van der Waals surface area contributed by atoms with E-state index in [9.17, 15) is 0 Å². The van der Waals surface area contributed by atoms with Gasteiger partial charge in [-0.1, -0.05) is 36.7 Å². The molecule has 0 unspecified atom stereocenters. The van der Waals surface area contributed by atoms with Crippen LogP contribution in [0.3, 0.4) is 0 Å². The van der Waals surface area contributed by atoms with Crippen LogP contribution >= 0.6 is 23.8 Å². The third kappa shape index (κ3) is 3.75. The minimum absolute atomic E-state index is 0.558. The maximum absolute atomic E-state index is 6.70. The molecule has 4 aromatic heterocycles. The molecule has 0 saturated carbocycles. The molecule has 0 amide bonds. The lowest BCUT2D eigenvalue weighted by Gasteiger charge is -2.10. The second-order valence-electron chi connectivity index (χ2n) is 6.91. The number of nitrogens with one attached hydrogen (secondary N) is 1. The van der Waals surface area contributed by atoms with E-state index >= 15 is 0 Å². The van der Waals surface area contributed by atoms with Crippen molar-refractivity contribution >= 4 is 45.8 Å². The molecule has 0 bridgehead atoms. The van der Waals surface area contributed by atoms with Crippen LogP contribution in [0.2, 0.25) is 5.02 Å². The monoisotopic (exact) mass is 451 g/mol. The van der Waals surface area contributed by atoms with Crippen molar-refractivity contribution in [2.75, 3.05) is 0 Å². The number of aromatic amines is 1. The molecule has 1 N–H and O–H groups in total. The van der Waals surface area contributed by atoms with Gasteiger partial charge in [0.2, 0.25) is 0 Å². The maximum atomic E-state index is 6.70. The fraction of sp³-hybridized carbons (Fsp3) is 0.217. The van der Waals surface area contributed by atoms with E-state index < -0.39 is 0 Å². The zero-order valence-electron chi connectivity index (χ0n) is 17.7. The van der Waals surface area contributed by atoms with Crippen molar-refractivity contribution in [3.8, 4) is 11.1 Å². The number of H-pyrrole nitrogens is 1. The fourth-order valence-corrected chi connectivity index (χ4v) is 4.25. The Balaban J connectivity index is 0.00000112. The first-order valence-corrected chi connectivity index (χ1v) is 10.9. The molecule has 0 aliphatic heterocycles. The highest BCUT2D eigenvalue weighted by atomic mass is 35.5. The van der Waals surface area contributed by atoms with Crippen molar-refractivity contribution in [3.05, 3.63) is 69.7 Å². The van der Waals surface area contributed by atoms with E-state index in [4.69, 9.17) is 28.3 Å². The van der Waals surface area contributed by atoms with E-state index in [0.717, 1.165) is 50.2 Å². The van der Waals surface area contributed by atoms with Gasteiger partial charge in [0.15, 0.2) is 4.77 Å². The lowest BCUT2D eigenvalue weighted by atomic mass is 10.0. The molecule has 0 aliphatic rings. The van der Waals surface area contributed by atoms with Crippen LogP contribution in [0.25, 0.3) is 33.1 Å². The van der Waals surface area contributed by atoms with Crippen LogP contribution in [0, 0.1) is 18.6 Å². The van der Waals surface area contributed by atoms with Crippen LogP contribution in [0.5, 0.6) is 0 Å². The summed E-state index contributed by atoms with van der Waals surface area (Å²) >= 11 is 12.3. The second-order valence-corrected chi connectivity index (χ2v) is 7.70. The Hall–Kier alpha value is -3.03. The summed E-state index contributed by atoms with van der Waals surface area (Å²) in [6, 6.07) is 9.75. The molecule has 158 valence electrons. The molecule has 0 atom stereocenters. The number of nitrogens with zero attached hydrogens (tertiary/aromatic N) is 4. The number of aromatic nitrogens is 5. The second kappa shape index (κ2) is 8.61. The van der Waals surface area contributed by atoms with Crippen molar-refractivity contribution in [3.63, 3.8) is 0 Å². The quantitative estimate of drug-likeness (QED) is 0.311. The number of imidazole rings is 1. The number of pyridine rings is 2. The molecule has 0 radical (unpaired) electrons. The predicted octanol–water partition coefficient (Wildman–Crippen LogP) is 6.64. The lowest BCUT2D eigenvalue weighted by Crippen LogP contribution is -2.02. The molecule has 31 heavy (non-hydrogen) atoms. The Labute approximate surface area is 189 Å². The summed E-state index contributed by atoms with van der Waals surface area (Å²) < 4.78 is 7.96. The predicted molar refractivity (Wildman–Crippen MR) is 127 cm³/mol. The Bertz CT molecular complexity index is 1420. The van der Waals surface area contributed by atoms with Gasteiger partial charge in [-0.05, 0) is 50.3 Å². The molecule has 5 aromatic rings. The van der Waals surface area contributed by atoms with Gasteiger partial charge in [-0.25, -0.2) is 0 Å². The van der Waals surface area contributed by atoms with E-state index in [1.54, 1.807) is 12.4 Å². The first-order valence-electron chi connectivity index (χ1n) is 10.1. The summed E-state index contributed by atoms with van der Waals surface area (Å²) in [5.41, 5.74) is 6.11. The van der Waals surface area contributed by atoms with Crippen molar-refractivity contribution in [2.24, 2.45) is 0 Å². The molecule has 6 nitrogen and oxygen atoms in total. The number of aryl methyl sites for hydroxylation is 2. The van der Waals surface area contributed by atoms with Gasteiger partial charge in [-0.15, -0.1) is 0 Å². The van der Waals surface area contributed by atoms with Crippen LogP contribution < -0.4 is 0 Å². The van der Waals surface area contributed by atoms with Gasteiger partial charge >= 0.3 is 0 Å². The van der Waals surface area contributed by atoms with Gasteiger partial charge in [0, 0.05) is 27.7 Å². The molecule has 5 rings (SSSR count). The largest absolute Gasteiger partial charge is 0.361 e. The lowest BCUT2D eigenvalue weighted by molar-refractivity contribution is 0.393. The Morgan fingerprint density at radius 2 is 1.97 bits per heavy atom. The van der Waals surface area contributed by atoms with Crippen molar-refractivity contribution in [1.29, 1.82) is 0 Å². The number of halogens is 1. The van der Waals surface area contributed by atoms with Gasteiger partial charge in [0.1, 0.15) is 5.76 Å². The van der Waals surface area contributed by atoms with Gasteiger partial charge in [0.25, 0.3) is 0 Å². The Morgan fingerprint density at radius 3 is 2.65 bits per heavy atom. The number of hydrogen-bond acceptors (Lipinski definition) is 5. The van der Waals surface area contributed by atoms with Gasteiger partial charge in [-0.3, -0.25) is 9.97 Å². The smallest absolute Gasteiger partial charge is 0.178 e. The van der Waals surface area contributed by atoms with Gasteiger partial charge in [-0.2, -0.15) is 0 Å². The molecule has 1 aromatic carbocycles. The van der Waals surface area contributed by atoms with Crippen LogP contribution in [-0.4, -0.2) is 24.7 Å². The molecule has 4 heterocycles. The van der Waals surface area contributed by atoms with Crippen LogP contribution in [0.1, 0.15) is 31.0 Å². The molecular weight excluding hydrogens is 430 g/mol. The molecule has 0 saturated heterocycles. The summed E-state index contributed by atoms with van der Waals surface area (Å²) in [4.78, 5) is 12.3.